The van der Waals surface area contributed by atoms with Gasteiger partial charge >= 0.3 is 6.18 Å². The summed E-state index contributed by atoms with van der Waals surface area (Å²) < 4.78 is 54.2. The van der Waals surface area contributed by atoms with E-state index >= 15 is 0 Å². The maximum absolute atomic E-state index is 13.6. The molecule has 1 fully saturated rings. The van der Waals surface area contributed by atoms with Crippen LogP contribution in [0.25, 0.3) is 0 Å². The number of benzene rings is 1. The van der Waals surface area contributed by atoms with E-state index in [1.807, 2.05) is 13.0 Å². The number of anilines is 1. The van der Waals surface area contributed by atoms with Crippen molar-refractivity contribution in [3.8, 4) is 0 Å². The molecular weight excluding hydrogens is 527 g/mol. The van der Waals surface area contributed by atoms with Crippen LogP contribution in [0, 0.1) is 5.82 Å². The lowest BCUT2D eigenvalue weighted by atomic mass is 10.0. The molecular formula is C20H27F4IN6. The van der Waals surface area contributed by atoms with E-state index in [4.69, 9.17) is 0 Å². The quantitative estimate of drug-likeness (QED) is 0.255. The first-order chi connectivity index (χ1) is 14.3. The molecule has 0 amide bonds. The van der Waals surface area contributed by atoms with Gasteiger partial charge in [-0.3, -0.25) is 4.68 Å². The van der Waals surface area contributed by atoms with Crippen LogP contribution in [0.15, 0.2) is 35.5 Å². The number of aryl methyl sites for hydroxylation is 1. The van der Waals surface area contributed by atoms with Crippen molar-refractivity contribution >= 4 is 35.6 Å². The number of aromatic nitrogens is 2. The minimum Gasteiger partial charge on any atom is -0.369 e. The molecule has 1 aromatic carbocycles. The van der Waals surface area contributed by atoms with E-state index in [0.717, 1.165) is 29.8 Å². The van der Waals surface area contributed by atoms with Crippen LogP contribution < -0.4 is 15.5 Å². The molecule has 31 heavy (non-hydrogen) atoms. The first kappa shape index (κ1) is 25.2. The van der Waals surface area contributed by atoms with E-state index in [1.54, 1.807) is 6.07 Å². The lowest BCUT2D eigenvalue weighted by Gasteiger charge is -2.35. The van der Waals surface area contributed by atoms with Crippen molar-refractivity contribution in [3.05, 3.63) is 47.5 Å². The minimum absolute atomic E-state index is 0. The zero-order valence-electron chi connectivity index (χ0n) is 17.4. The smallest absolute Gasteiger partial charge is 0.369 e. The monoisotopic (exact) mass is 554 g/mol. The molecule has 0 aliphatic carbocycles. The summed E-state index contributed by atoms with van der Waals surface area (Å²) in [6, 6.07) is 6.50. The van der Waals surface area contributed by atoms with Gasteiger partial charge in [-0.15, -0.1) is 24.0 Å². The fraction of sp³-hybridized carbons (Fsp3) is 0.500. The van der Waals surface area contributed by atoms with Gasteiger partial charge in [0, 0.05) is 50.2 Å². The first-order valence-electron chi connectivity index (χ1n) is 9.91. The van der Waals surface area contributed by atoms with Gasteiger partial charge in [-0.05, 0) is 38.0 Å². The Kier molecular flexibility index (Phi) is 8.95. The Morgan fingerprint density at radius 1 is 1.32 bits per heavy atom. The van der Waals surface area contributed by atoms with E-state index in [0.29, 0.717) is 19.0 Å². The zero-order chi connectivity index (χ0) is 21.7. The number of alkyl halides is 3. The molecule has 0 bridgehead atoms. The molecule has 1 aromatic heterocycles. The Labute approximate surface area is 196 Å². The van der Waals surface area contributed by atoms with Crippen LogP contribution in [0.5, 0.6) is 0 Å². The maximum Gasteiger partial charge on any atom is 0.435 e. The van der Waals surface area contributed by atoms with Gasteiger partial charge < -0.3 is 15.5 Å². The highest BCUT2D eigenvalue weighted by atomic mass is 127. The molecule has 172 valence electrons. The molecule has 6 nitrogen and oxygen atoms in total. The number of hydrogen-bond donors (Lipinski definition) is 2. The van der Waals surface area contributed by atoms with E-state index in [9.17, 15) is 17.6 Å². The molecule has 2 N–H and O–H groups in total. The number of halogens is 5. The van der Waals surface area contributed by atoms with Crippen molar-refractivity contribution < 1.29 is 17.6 Å². The van der Waals surface area contributed by atoms with Crippen LogP contribution in [-0.2, 0) is 19.8 Å². The second-order valence-electron chi connectivity index (χ2n) is 7.28. The van der Waals surface area contributed by atoms with Crippen LogP contribution in [0.1, 0.15) is 31.0 Å². The van der Waals surface area contributed by atoms with E-state index in [2.05, 4.69) is 25.6 Å². The Morgan fingerprint density at radius 3 is 2.77 bits per heavy atom. The number of guanidine groups is 1. The predicted molar refractivity (Wildman–Crippen MR) is 123 cm³/mol. The highest BCUT2D eigenvalue weighted by Crippen LogP contribution is 2.30. The van der Waals surface area contributed by atoms with Crippen LogP contribution in [0.3, 0.4) is 0 Å². The minimum atomic E-state index is -4.52. The van der Waals surface area contributed by atoms with Gasteiger partial charge in [0.25, 0.3) is 0 Å². The Morgan fingerprint density at radius 2 is 2.10 bits per heavy atom. The lowest BCUT2D eigenvalue weighted by Crippen LogP contribution is -2.51. The average Bonchev–Trinajstić information content (AvgIpc) is 3.08. The lowest BCUT2D eigenvalue weighted by molar-refractivity contribution is -0.142. The number of nitrogens with zero attached hydrogens (tertiary/aromatic N) is 4. The van der Waals surface area contributed by atoms with E-state index in [-0.39, 0.29) is 47.9 Å². The van der Waals surface area contributed by atoms with Crippen LogP contribution >= 0.6 is 24.0 Å². The standard InChI is InChI=1S/C20H26F4N6.HI/c1-3-25-19(26-11-14-12-29(2)28-18(14)20(22,23)24)27-16-7-5-9-30(13-16)17-8-4-6-15(21)10-17;/h4,6,8,10,12,16H,3,5,7,9,11,13H2,1-2H3,(H2,25,26,27);1H. The average molecular weight is 554 g/mol. The van der Waals surface area contributed by atoms with Crippen LogP contribution in [-0.4, -0.2) is 41.4 Å². The van der Waals surface area contributed by atoms with Crippen molar-refractivity contribution in [1.82, 2.24) is 20.4 Å². The topological polar surface area (TPSA) is 57.5 Å². The SMILES string of the molecule is CCNC(=NCc1cn(C)nc1C(F)(F)F)NC1CCCN(c2cccc(F)c2)C1.I. The largest absolute Gasteiger partial charge is 0.435 e. The summed E-state index contributed by atoms with van der Waals surface area (Å²) in [5, 5.41) is 9.90. The summed E-state index contributed by atoms with van der Waals surface area (Å²) in [6.45, 7) is 3.79. The summed E-state index contributed by atoms with van der Waals surface area (Å²) >= 11 is 0. The van der Waals surface area contributed by atoms with Gasteiger partial charge in [-0.2, -0.15) is 18.3 Å². The molecule has 3 rings (SSSR count). The number of nitrogens with one attached hydrogen (secondary N) is 2. The number of aliphatic imine (C=N–C) groups is 1. The van der Waals surface area contributed by atoms with Gasteiger partial charge in [0.15, 0.2) is 11.7 Å². The first-order valence-corrected chi connectivity index (χ1v) is 9.91. The highest BCUT2D eigenvalue weighted by molar-refractivity contribution is 14.0. The summed E-state index contributed by atoms with van der Waals surface area (Å²) in [4.78, 5) is 6.43. The summed E-state index contributed by atoms with van der Waals surface area (Å²) in [5.74, 6) is 0.162. The van der Waals surface area contributed by atoms with Crippen LogP contribution in [0.4, 0.5) is 23.2 Å². The molecule has 0 radical (unpaired) electrons. The Hall–Kier alpha value is -2.05. The van der Waals surface area contributed by atoms with Gasteiger partial charge in [-0.25, -0.2) is 9.38 Å². The Balaban J connectivity index is 0.00000341. The Bertz CT molecular complexity index is 883. The predicted octanol–water partition coefficient (Wildman–Crippen LogP) is 3.92. The normalized spacial score (nSPS) is 17.3. The highest BCUT2D eigenvalue weighted by Gasteiger charge is 2.36. The fourth-order valence-corrected chi connectivity index (χ4v) is 3.57. The fourth-order valence-electron chi connectivity index (χ4n) is 3.57. The van der Waals surface area contributed by atoms with Gasteiger partial charge in [0.05, 0.1) is 6.54 Å². The van der Waals surface area contributed by atoms with Crippen molar-refractivity contribution in [1.29, 1.82) is 0 Å². The third-order valence-corrected chi connectivity index (χ3v) is 4.86. The summed E-state index contributed by atoms with van der Waals surface area (Å²) in [6.07, 6.45) is -1.39. The molecule has 0 saturated carbocycles. The molecule has 2 aromatic rings. The van der Waals surface area contributed by atoms with Crippen LogP contribution in [0.2, 0.25) is 0 Å². The van der Waals surface area contributed by atoms with Gasteiger partial charge in [0.2, 0.25) is 0 Å². The second kappa shape index (κ2) is 11.0. The molecule has 2 heterocycles. The molecule has 1 atom stereocenters. The van der Waals surface area contributed by atoms with Crippen molar-refractivity contribution in [3.63, 3.8) is 0 Å². The molecule has 1 saturated heterocycles. The van der Waals surface area contributed by atoms with Crippen molar-refractivity contribution in [2.24, 2.45) is 12.0 Å². The third kappa shape index (κ3) is 6.97. The zero-order valence-corrected chi connectivity index (χ0v) is 19.7. The molecule has 11 heteroatoms. The number of piperidine rings is 1. The van der Waals surface area contributed by atoms with Gasteiger partial charge in [0.1, 0.15) is 5.82 Å². The molecule has 0 spiro atoms. The molecule has 1 aliphatic heterocycles. The van der Waals surface area contributed by atoms with Gasteiger partial charge in [-0.1, -0.05) is 6.07 Å². The summed E-state index contributed by atoms with van der Waals surface area (Å²) in [5.41, 5.74) is -0.0830. The second-order valence-corrected chi connectivity index (χ2v) is 7.28. The van der Waals surface area contributed by atoms with E-state index < -0.39 is 11.9 Å². The number of rotatable bonds is 5. The summed E-state index contributed by atoms with van der Waals surface area (Å²) in [7, 11) is 1.45. The maximum atomic E-state index is 13.6. The molecule has 1 unspecified atom stereocenters. The van der Waals surface area contributed by atoms with E-state index in [1.165, 1.54) is 25.4 Å². The van der Waals surface area contributed by atoms with Crippen molar-refractivity contribution in [2.45, 2.75) is 38.5 Å². The molecule has 1 aliphatic rings. The third-order valence-electron chi connectivity index (χ3n) is 4.86. The van der Waals surface area contributed by atoms with Crippen molar-refractivity contribution in [2.75, 3.05) is 24.5 Å². The number of hydrogen-bond acceptors (Lipinski definition) is 3.